The van der Waals surface area contributed by atoms with Gasteiger partial charge in [-0.1, -0.05) is 0 Å². The minimum Gasteiger partial charge on any atom is -0.480 e. The second kappa shape index (κ2) is 4.35. The van der Waals surface area contributed by atoms with E-state index in [-0.39, 0.29) is 18.2 Å². The van der Waals surface area contributed by atoms with Gasteiger partial charge in [-0.3, -0.25) is 9.59 Å². The van der Waals surface area contributed by atoms with Crippen molar-refractivity contribution >= 4 is 17.8 Å². The van der Waals surface area contributed by atoms with Crippen molar-refractivity contribution in [3.05, 3.63) is 0 Å². The van der Waals surface area contributed by atoms with Crippen molar-refractivity contribution < 1.29 is 19.5 Å². The van der Waals surface area contributed by atoms with Crippen molar-refractivity contribution in [3.8, 4) is 0 Å². The van der Waals surface area contributed by atoms with Gasteiger partial charge < -0.3 is 16.2 Å². The monoisotopic (exact) mass is 240 g/mol. The molecule has 0 aromatic heterocycles. The highest BCUT2D eigenvalue weighted by Crippen LogP contribution is 2.54. The molecule has 0 aromatic carbocycles. The highest BCUT2D eigenvalue weighted by atomic mass is 16.4. The number of carboxylic acid groups (broad SMARTS) is 1. The number of carboxylic acids is 1. The summed E-state index contributed by atoms with van der Waals surface area (Å²) in [5.41, 5.74) is 4.94. The molecule has 2 rings (SSSR count). The lowest BCUT2D eigenvalue weighted by atomic mass is 10.0. The molecule has 2 saturated carbocycles. The van der Waals surface area contributed by atoms with Crippen LogP contribution in [0.4, 0.5) is 0 Å². The van der Waals surface area contributed by atoms with Crippen LogP contribution >= 0.6 is 0 Å². The zero-order valence-electron chi connectivity index (χ0n) is 9.39. The predicted octanol–water partition coefficient (Wildman–Crippen LogP) is -0.523. The average Bonchev–Trinajstić information content (AvgIpc) is 2.84. The van der Waals surface area contributed by atoms with Crippen molar-refractivity contribution in [3.63, 3.8) is 0 Å². The summed E-state index contributed by atoms with van der Waals surface area (Å²) in [5.74, 6) is -0.984. The van der Waals surface area contributed by atoms with Gasteiger partial charge in [0, 0.05) is 5.92 Å². The van der Waals surface area contributed by atoms with E-state index in [2.05, 4.69) is 5.32 Å². The molecule has 4 N–H and O–H groups in total. The summed E-state index contributed by atoms with van der Waals surface area (Å²) in [6.07, 6.45) is 2.53. The summed E-state index contributed by atoms with van der Waals surface area (Å²) in [5, 5.41) is 11.2. The minimum atomic E-state index is -1.22. The van der Waals surface area contributed by atoms with E-state index in [1.54, 1.807) is 0 Å². The highest BCUT2D eigenvalue weighted by molar-refractivity contribution is 5.89. The van der Waals surface area contributed by atoms with Crippen LogP contribution in [0.15, 0.2) is 0 Å². The Kier molecular flexibility index (Phi) is 3.04. The third-order valence-corrected chi connectivity index (χ3v) is 3.63. The second-order valence-corrected chi connectivity index (χ2v) is 4.99. The molecule has 0 aliphatic heterocycles. The lowest BCUT2D eigenvalue weighted by Gasteiger charge is -2.17. The van der Waals surface area contributed by atoms with Crippen LogP contribution in [0.3, 0.4) is 0 Å². The first-order valence-corrected chi connectivity index (χ1v) is 5.79. The van der Waals surface area contributed by atoms with Crippen molar-refractivity contribution in [2.24, 2.45) is 23.5 Å². The van der Waals surface area contributed by atoms with Crippen LogP contribution in [-0.2, 0) is 14.4 Å². The zero-order valence-corrected chi connectivity index (χ0v) is 9.39. The molecule has 2 amide bonds. The molecule has 6 nitrogen and oxygen atoms in total. The van der Waals surface area contributed by atoms with E-state index in [9.17, 15) is 14.4 Å². The fourth-order valence-corrected chi connectivity index (χ4v) is 2.62. The normalized spacial score (nSPS) is 31.4. The van der Waals surface area contributed by atoms with Crippen molar-refractivity contribution in [2.75, 3.05) is 0 Å². The quantitative estimate of drug-likeness (QED) is 0.600. The first-order chi connectivity index (χ1) is 7.97. The highest BCUT2D eigenvalue weighted by Gasteiger charge is 2.48. The van der Waals surface area contributed by atoms with Gasteiger partial charge >= 0.3 is 5.97 Å². The summed E-state index contributed by atoms with van der Waals surface area (Å²) in [6, 6.07) is -1.20. The second-order valence-electron chi connectivity index (χ2n) is 4.99. The van der Waals surface area contributed by atoms with Crippen molar-refractivity contribution in [1.29, 1.82) is 0 Å². The Hall–Kier alpha value is -1.59. The molecule has 2 unspecified atom stereocenters. The summed E-state index contributed by atoms with van der Waals surface area (Å²) in [7, 11) is 0. The molecule has 0 heterocycles. The summed E-state index contributed by atoms with van der Waals surface area (Å²) >= 11 is 0. The number of nitrogens with two attached hydrogens (primary N) is 1. The molecule has 2 aliphatic rings. The van der Waals surface area contributed by atoms with E-state index in [1.165, 1.54) is 6.42 Å². The van der Waals surface area contributed by atoms with E-state index in [0.717, 1.165) is 12.8 Å². The topological polar surface area (TPSA) is 109 Å². The number of hydrogen-bond acceptors (Lipinski definition) is 3. The Bertz CT molecular complexity index is 358. The van der Waals surface area contributed by atoms with Crippen LogP contribution in [0.2, 0.25) is 0 Å². The van der Waals surface area contributed by atoms with Gasteiger partial charge in [0.1, 0.15) is 6.04 Å². The number of carbonyl (C=O) groups excluding carboxylic acids is 2. The smallest absolute Gasteiger partial charge is 0.326 e. The molecule has 0 aromatic rings. The van der Waals surface area contributed by atoms with Gasteiger partial charge in [-0.2, -0.15) is 0 Å². The first-order valence-electron chi connectivity index (χ1n) is 5.79. The molecule has 2 aliphatic carbocycles. The standard InChI is InChI=1S/C11H16N2O4/c12-9(14)4-8(11(16)17)13-10(15)7-2-5-1-6(5)3-7/h5-8H,1-4H2,(H2,12,14)(H,13,15)(H,16,17)/t5?,6?,7?,8-/m1/s1. The number of primary amides is 1. The Labute approximate surface area is 98.5 Å². The van der Waals surface area contributed by atoms with Gasteiger partial charge in [-0.05, 0) is 31.1 Å². The predicted molar refractivity (Wildman–Crippen MR) is 57.7 cm³/mol. The van der Waals surface area contributed by atoms with Gasteiger partial charge in [-0.25, -0.2) is 4.79 Å². The van der Waals surface area contributed by atoms with E-state index < -0.39 is 17.9 Å². The lowest BCUT2D eigenvalue weighted by Crippen LogP contribution is -2.45. The molecule has 94 valence electrons. The van der Waals surface area contributed by atoms with Gasteiger partial charge in [-0.15, -0.1) is 0 Å². The number of amides is 2. The number of carbonyl (C=O) groups is 3. The van der Waals surface area contributed by atoms with Gasteiger partial charge in [0.05, 0.1) is 6.42 Å². The van der Waals surface area contributed by atoms with Gasteiger partial charge in [0.15, 0.2) is 0 Å². The Morgan fingerprint density at radius 2 is 1.82 bits per heavy atom. The van der Waals surface area contributed by atoms with Crippen molar-refractivity contribution in [2.45, 2.75) is 31.7 Å². The molecule has 0 spiro atoms. The Balaban J connectivity index is 1.86. The van der Waals surface area contributed by atoms with Gasteiger partial charge in [0.2, 0.25) is 11.8 Å². The SMILES string of the molecule is NC(=O)C[C@@H](NC(=O)C1CC2CC2C1)C(=O)O. The van der Waals surface area contributed by atoms with Crippen LogP contribution < -0.4 is 11.1 Å². The summed E-state index contributed by atoms with van der Waals surface area (Å²) < 4.78 is 0. The molecule has 3 atom stereocenters. The van der Waals surface area contributed by atoms with Gasteiger partial charge in [0.25, 0.3) is 0 Å². The fraction of sp³-hybridized carbons (Fsp3) is 0.727. The zero-order chi connectivity index (χ0) is 12.6. The first kappa shape index (κ1) is 11.9. The summed E-state index contributed by atoms with van der Waals surface area (Å²) in [4.78, 5) is 33.3. The van der Waals surface area contributed by atoms with E-state index in [4.69, 9.17) is 10.8 Å². The number of aliphatic carboxylic acids is 1. The third kappa shape index (κ3) is 2.75. The molecule has 0 radical (unpaired) electrons. The maximum atomic E-state index is 11.8. The number of hydrogen-bond donors (Lipinski definition) is 3. The Morgan fingerprint density at radius 3 is 2.29 bits per heavy atom. The maximum Gasteiger partial charge on any atom is 0.326 e. The average molecular weight is 240 g/mol. The largest absolute Gasteiger partial charge is 0.480 e. The molecular weight excluding hydrogens is 224 g/mol. The van der Waals surface area contributed by atoms with Crippen LogP contribution in [0.5, 0.6) is 0 Å². The number of fused-ring (bicyclic) bond motifs is 1. The third-order valence-electron chi connectivity index (χ3n) is 3.63. The van der Waals surface area contributed by atoms with Crippen LogP contribution in [0.25, 0.3) is 0 Å². The summed E-state index contributed by atoms with van der Waals surface area (Å²) in [6.45, 7) is 0. The maximum absolute atomic E-state index is 11.8. The number of rotatable bonds is 5. The molecule has 0 saturated heterocycles. The molecular formula is C11H16N2O4. The Morgan fingerprint density at radius 1 is 1.24 bits per heavy atom. The van der Waals surface area contributed by atoms with Crippen LogP contribution in [0.1, 0.15) is 25.7 Å². The van der Waals surface area contributed by atoms with Crippen LogP contribution in [-0.4, -0.2) is 28.9 Å². The number of nitrogens with one attached hydrogen (secondary N) is 1. The molecule has 6 heteroatoms. The van der Waals surface area contributed by atoms with E-state index >= 15 is 0 Å². The minimum absolute atomic E-state index is 0.0894. The molecule has 2 fully saturated rings. The van der Waals surface area contributed by atoms with E-state index in [1.807, 2.05) is 0 Å². The fourth-order valence-electron chi connectivity index (χ4n) is 2.62. The molecule has 17 heavy (non-hydrogen) atoms. The molecule has 0 bridgehead atoms. The van der Waals surface area contributed by atoms with Crippen LogP contribution in [0, 0.1) is 17.8 Å². The van der Waals surface area contributed by atoms with Crippen molar-refractivity contribution in [1.82, 2.24) is 5.32 Å². The van der Waals surface area contributed by atoms with E-state index in [0.29, 0.717) is 11.8 Å². The lowest BCUT2D eigenvalue weighted by molar-refractivity contribution is -0.144.